The minimum Gasteiger partial charge on any atom is -0.480 e. The third-order valence-corrected chi connectivity index (χ3v) is 5.34. The SMILES string of the molecule is C[C@H](C(=O)OCCOCC(=O)OCCOCC(=O)O)c1ccc(C(=O)c2ccccc2)s1. The summed E-state index contributed by atoms with van der Waals surface area (Å²) in [6.07, 6.45) is 0. The van der Waals surface area contributed by atoms with Crippen molar-refractivity contribution in [3.8, 4) is 0 Å². The molecule has 0 aliphatic carbocycles. The number of aliphatic carboxylic acids is 1. The van der Waals surface area contributed by atoms with Crippen LogP contribution in [0.15, 0.2) is 42.5 Å². The van der Waals surface area contributed by atoms with Gasteiger partial charge in [0.1, 0.15) is 26.4 Å². The van der Waals surface area contributed by atoms with Crippen LogP contribution in [0.1, 0.15) is 33.0 Å². The third-order valence-electron chi connectivity index (χ3n) is 4.08. The first-order valence-electron chi connectivity index (χ1n) is 9.77. The number of carbonyl (C=O) groups is 4. The van der Waals surface area contributed by atoms with Gasteiger partial charge in [-0.05, 0) is 19.1 Å². The van der Waals surface area contributed by atoms with Crippen LogP contribution in [0, 0.1) is 0 Å². The molecule has 2 rings (SSSR count). The Balaban J connectivity index is 1.64. The number of carbonyl (C=O) groups excluding carboxylic acids is 3. The highest BCUT2D eigenvalue weighted by atomic mass is 32.1. The summed E-state index contributed by atoms with van der Waals surface area (Å²) in [4.78, 5) is 47.7. The molecule has 0 saturated heterocycles. The van der Waals surface area contributed by atoms with Crippen molar-refractivity contribution < 1.29 is 43.2 Å². The van der Waals surface area contributed by atoms with Gasteiger partial charge >= 0.3 is 17.9 Å². The van der Waals surface area contributed by atoms with Crippen LogP contribution in [0.25, 0.3) is 0 Å². The Kier molecular flexibility index (Phi) is 10.5. The zero-order chi connectivity index (χ0) is 23.3. The number of hydrogen-bond donors (Lipinski definition) is 1. The molecule has 1 heterocycles. The monoisotopic (exact) mass is 464 g/mol. The predicted molar refractivity (Wildman–Crippen MR) is 114 cm³/mol. The zero-order valence-corrected chi connectivity index (χ0v) is 18.3. The molecule has 0 bridgehead atoms. The molecule has 32 heavy (non-hydrogen) atoms. The van der Waals surface area contributed by atoms with E-state index in [0.29, 0.717) is 15.3 Å². The molecule has 0 aliphatic heterocycles. The Labute approximate surface area is 188 Å². The van der Waals surface area contributed by atoms with E-state index in [1.54, 1.807) is 43.3 Å². The van der Waals surface area contributed by atoms with Gasteiger partial charge in [0.15, 0.2) is 0 Å². The van der Waals surface area contributed by atoms with E-state index in [9.17, 15) is 19.2 Å². The molecule has 2 aromatic rings. The Morgan fingerprint density at radius 2 is 1.53 bits per heavy atom. The van der Waals surface area contributed by atoms with E-state index >= 15 is 0 Å². The summed E-state index contributed by atoms with van der Waals surface area (Å²) in [6.45, 7) is 0.739. The van der Waals surface area contributed by atoms with Crippen molar-refractivity contribution >= 4 is 35.0 Å². The summed E-state index contributed by atoms with van der Waals surface area (Å²) in [5.41, 5.74) is 0.583. The topological polar surface area (TPSA) is 125 Å². The molecule has 0 saturated carbocycles. The molecule has 0 radical (unpaired) electrons. The lowest BCUT2D eigenvalue weighted by atomic mass is 10.1. The van der Waals surface area contributed by atoms with Crippen molar-refractivity contribution in [1.82, 2.24) is 0 Å². The molecule has 1 atom stereocenters. The Hall–Kier alpha value is -3.08. The molecule has 10 heteroatoms. The maximum absolute atomic E-state index is 12.5. The Bertz CT molecular complexity index is 907. The van der Waals surface area contributed by atoms with Gasteiger partial charge in [-0.3, -0.25) is 9.59 Å². The number of thiophene rings is 1. The third kappa shape index (κ3) is 8.58. The second kappa shape index (κ2) is 13.4. The quantitative estimate of drug-likeness (QED) is 0.255. The highest BCUT2D eigenvalue weighted by Gasteiger charge is 2.21. The smallest absolute Gasteiger partial charge is 0.332 e. The number of carboxylic acid groups (broad SMARTS) is 1. The van der Waals surface area contributed by atoms with Gasteiger partial charge in [0.2, 0.25) is 5.78 Å². The van der Waals surface area contributed by atoms with Crippen molar-refractivity contribution in [2.45, 2.75) is 12.8 Å². The molecular formula is C22H24O9S. The van der Waals surface area contributed by atoms with Gasteiger partial charge in [-0.15, -0.1) is 11.3 Å². The van der Waals surface area contributed by atoms with Crippen molar-refractivity contribution in [3.63, 3.8) is 0 Å². The molecular weight excluding hydrogens is 440 g/mol. The molecule has 0 fully saturated rings. The number of hydrogen-bond acceptors (Lipinski definition) is 9. The minimum atomic E-state index is -1.11. The molecule has 172 valence electrons. The van der Waals surface area contributed by atoms with Crippen LogP contribution in [-0.2, 0) is 33.3 Å². The first-order chi connectivity index (χ1) is 15.4. The number of esters is 2. The van der Waals surface area contributed by atoms with Crippen LogP contribution in [0.2, 0.25) is 0 Å². The van der Waals surface area contributed by atoms with Gasteiger partial charge in [-0.1, -0.05) is 30.3 Å². The van der Waals surface area contributed by atoms with Crippen molar-refractivity contribution in [2.75, 3.05) is 39.6 Å². The molecule has 0 aliphatic rings. The van der Waals surface area contributed by atoms with Crippen LogP contribution in [0.4, 0.5) is 0 Å². The maximum Gasteiger partial charge on any atom is 0.332 e. The van der Waals surface area contributed by atoms with Crippen molar-refractivity contribution in [2.24, 2.45) is 0 Å². The lowest BCUT2D eigenvalue weighted by molar-refractivity contribution is -0.153. The lowest BCUT2D eigenvalue weighted by Gasteiger charge is -2.10. The minimum absolute atomic E-state index is 0.00522. The normalized spacial score (nSPS) is 11.5. The standard InChI is InChI=1S/C22H24O9S/c1-15(17-7-8-18(32-17)21(26)16-5-3-2-4-6-16)22(27)31-12-10-29-14-20(25)30-11-9-28-13-19(23)24/h2-8,15H,9-14H2,1H3,(H,23,24)/t15-/m0/s1. The van der Waals surface area contributed by atoms with E-state index in [-0.39, 0.29) is 38.8 Å². The van der Waals surface area contributed by atoms with Gasteiger partial charge in [0.05, 0.1) is 24.0 Å². The van der Waals surface area contributed by atoms with E-state index in [0.717, 1.165) is 0 Å². The number of benzene rings is 1. The maximum atomic E-state index is 12.5. The van der Waals surface area contributed by atoms with Gasteiger partial charge in [-0.25, -0.2) is 9.59 Å². The second-order valence-corrected chi connectivity index (χ2v) is 7.62. The van der Waals surface area contributed by atoms with Crippen LogP contribution in [-0.4, -0.2) is 68.4 Å². The molecule has 0 spiro atoms. The predicted octanol–water partition coefficient (Wildman–Crippen LogP) is 2.29. The summed E-state index contributed by atoms with van der Waals surface area (Å²) in [7, 11) is 0. The van der Waals surface area contributed by atoms with Gasteiger partial charge in [0, 0.05) is 10.4 Å². The van der Waals surface area contributed by atoms with E-state index in [4.69, 9.17) is 24.1 Å². The largest absolute Gasteiger partial charge is 0.480 e. The summed E-state index contributed by atoms with van der Waals surface area (Å²) < 4.78 is 19.7. The van der Waals surface area contributed by atoms with Gasteiger partial charge < -0.3 is 24.1 Å². The first-order valence-corrected chi connectivity index (χ1v) is 10.6. The highest BCUT2D eigenvalue weighted by molar-refractivity contribution is 7.14. The van der Waals surface area contributed by atoms with Gasteiger partial charge in [0.25, 0.3) is 0 Å². The summed E-state index contributed by atoms with van der Waals surface area (Å²) >= 11 is 1.25. The van der Waals surface area contributed by atoms with E-state index in [1.165, 1.54) is 11.3 Å². The molecule has 1 aromatic carbocycles. The zero-order valence-electron chi connectivity index (χ0n) is 17.5. The van der Waals surface area contributed by atoms with Crippen molar-refractivity contribution in [1.29, 1.82) is 0 Å². The average Bonchev–Trinajstić information content (AvgIpc) is 3.28. The van der Waals surface area contributed by atoms with Crippen LogP contribution >= 0.6 is 11.3 Å². The second-order valence-electron chi connectivity index (χ2n) is 6.51. The molecule has 9 nitrogen and oxygen atoms in total. The fraction of sp³-hybridized carbons (Fsp3) is 0.364. The Morgan fingerprint density at radius 1 is 0.875 bits per heavy atom. The van der Waals surface area contributed by atoms with Crippen molar-refractivity contribution in [3.05, 3.63) is 57.8 Å². The van der Waals surface area contributed by atoms with Crippen LogP contribution in [0.5, 0.6) is 0 Å². The van der Waals surface area contributed by atoms with Crippen LogP contribution in [0.3, 0.4) is 0 Å². The van der Waals surface area contributed by atoms with E-state index in [1.807, 2.05) is 6.07 Å². The van der Waals surface area contributed by atoms with E-state index < -0.39 is 30.4 Å². The molecule has 1 aromatic heterocycles. The fourth-order valence-electron chi connectivity index (χ4n) is 2.45. The fourth-order valence-corrected chi connectivity index (χ4v) is 3.46. The number of ketones is 1. The highest BCUT2D eigenvalue weighted by Crippen LogP contribution is 2.27. The Morgan fingerprint density at radius 3 is 2.22 bits per heavy atom. The molecule has 1 N–H and O–H groups in total. The molecule has 0 unspecified atom stereocenters. The number of carboxylic acids is 1. The van der Waals surface area contributed by atoms with E-state index in [2.05, 4.69) is 0 Å². The summed E-state index contributed by atoms with van der Waals surface area (Å²) in [5, 5.41) is 8.39. The number of ether oxygens (including phenoxy) is 4. The lowest BCUT2D eigenvalue weighted by Crippen LogP contribution is -2.20. The first kappa shape index (κ1) is 25.2. The molecule has 0 amide bonds. The van der Waals surface area contributed by atoms with Crippen LogP contribution < -0.4 is 0 Å². The number of rotatable bonds is 14. The van der Waals surface area contributed by atoms with Gasteiger partial charge in [-0.2, -0.15) is 0 Å². The average molecular weight is 464 g/mol. The summed E-state index contributed by atoms with van der Waals surface area (Å²) in [6, 6.07) is 12.3. The summed E-state index contributed by atoms with van der Waals surface area (Å²) in [5.74, 6) is -2.86.